The number of hydrogen-bond acceptors (Lipinski definition) is 3. The molecule has 0 aliphatic heterocycles. The fourth-order valence-electron chi connectivity index (χ4n) is 1.90. The molecule has 1 fully saturated rings. The molecule has 4 nitrogen and oxygen atoms in total. The molecule has 1 aliphatic carbocycles. The zero-order valence-corrected chi connectivity index (χ0v) is 9.80. The molecular weight excluding hydrogens is 216 g/mol. The van der Waals surface area contributed by atoms with Crippen LogP contribution in [0.25, 0.3) is 0 Å². The van der Waals surface area contributed by atoms with Crippen LogP contribution in [-0.4, -0.2) is 35.0 Å². The standard InChI is InChI=1S/C13H18N2O2/c14-7-2-8-15(11-5-6-11)13(17)10-3-1-4-12(16)9-10/h1,3-4,9,11,16H,2,5-8,14H2. The molecule has 0 spiro atoms. The van der Waals surface area contributed by atoms with Gasteiger partial charge >= 0.3 is 0 Å². The van der Waals surface area contributed by atoms with Crippen LogP contribution in [0.5, 0.6) is 5.75 Å². The molecule has 0 unspecified atom stereocenters. The average Bonchev–Trinajstić information content (AvgIpc) is 3.14. The minimum atomic E-state index is -0.00292. The molecule has 92 valence electrons. The Morgan fingerprint density at radius 3 is 2.82 bits per heavy atom. The van der Waals surface area contributed by atoms with E-state index in [4.69, 9.17) is 5.73 Å². The number of amides is 1. The van der Waals surface area contributed by atoms with Crippen molar-refractivity contribution >= 4 is 5.91 Å². The van der Waals surface area contributed by atoms with Gasteiger partial charge < -0.3 is 15.7 Å². The summed E-state index contributed by atoms with van der Waals surface area (Å²) < 4.78 is 0. The maximum absolute atomic E-state index is 12.3. The number of phenolic OH excluding ortho intramolecular Hbond substituents is 1. The first-order chi connectivity index (χ1) is 8.22. The second kappa shape index (κ2) is 5.19. The highest BCUT2D eigenvalue weighted by Crippen LogP contribution is 2.28. The molecule has 1 amide bonds. The van der Waals surface area contributed by atoms with E-state index in [-0.39, 0.29) is 11.7 Å². The predicted octanol–water partition coefficient (Wildman–Crippen LogP) is 1.35. The minimum Gasteiger partial charge on any atom is -0.508 e. The number of hydrogen-bond donors (Lipinski definition) is 2. The Hall–Kier alpha value is -1.55. The lowest BCUT2D eigenvalue weighted by Crippen LogP contribution is -2.34. The van der Waals surface area contributed by atoms with Crippen LogP contribution in [0.3, 0.4) is 0 Å². The van der Waals surface area contributed by atoms with Crippen LogP contribution in [0.2, 0.25) is 0 Å². The molecule has 0 saturated heterocycles. The third kappa shape index (κ3) is 2.97. The third-order valence-corrected chi connectivity index (χ3v) is 2.94. The zero-order valence-electron chi connectivity index (χ0n) is 9.80. The van der Waals surface area contributed by atoms with Crippen molar-refractivity contribution in [2.45, 2.75) is 25.3 Å². The van der Waals surface area contributed by atoms with E-state index in [9.17, 15) is 9.90 Å². The first kappa shape index (κ1) is 11.9. The molecule has 17 heavy (non-hydrogen) atoms. The summed E-state index contributed by atoms with van der Waals surface area (Å²) in [5, 5.41) is 9.38. The minimum absolute atomic E-state index is 0.00292. The van der Waals surface area contributed by atoms with Crippen LogP contribution < -0.4 is 5.73 Å². The van der Waals surface area contributed by atoms with Gasteiger partial charge in [-0.1, -0.05) is 6.07 Å². The molecule has 0 bridgehead atoms. The van der Waals surface area contributed by atoms with Crippen molar-refractivity contribution in [1.29, 1.82) is 0 Å². The molecule has 0 heterocycles. The molecule has 3 N–H and O–H groups in total. The molecule has 1 saturated carbocycles. The van der Waals surface area contributed by atoms with Gasteiger partial charge in [0.1, 0.15) is 5.75 Å². The predicted molar refractivity (Wildman–Crippen MR) is 65.8 cm³/mol. The molecule has 1 aromatic rings. The van der Waals surface area contributed by atoms with Gasteiger partial charge in [-0.25, -0.2) is 0 Å². The van der Waals surface area contributed by atoms with Crippen molar-refractivity contribution in [2.24, 2.45) is 5.73 Å². The fourth-order valence-corrected chi connectivity index (χ4v) is 1.90. The lowest BCUT2D eigenvalue weighted by atomic mass is 10.2. The van der Waals surface area contributed by atoms with Crippen molar-refractivity contribution in [3.63, 3.8) is 0 Å². The zero-order chi connectivity index (χ0) is 12.3. The molecular formula is C13H18N2O2. The third-order valence-electron chi connectivity index (χ3n) is 2.94. The SMILES string of the molecule is NCCCN(C(=O)c1cccc(O)c1)C1CC1. The number of carbonyl (C=O) groups is 1. The van der Waals surface area contributed by atoms with Crippen LogP contribution >= 0.6 is 0 Å². The summed E-state index contributed by atoms with van der Waals surface area (Å²) in [6.07, 6.45) is 2.98. The summed E-state index contributed by atoms with van der Waals surface area (Å²) in [6, 6.07) is 6.88. The highest BCUT2D eigenvalue weighted by atomic mass is 16.3. The van der Waals surface area contributed by atoms with E-state index in [1.165, 1.54) is 6.07 Å². The Kier molecular flexibility index (Phi) is 3.64. The Balaban J connectivity index is 2.10. The quantitative estimate of drug-likeness (QED) is 0.808. The number of nitrogens with two attached hydrogens (primary N) is 1. The maximum atomic E-state index is 12.3. The number of aromatic hydroxyl groups is 1. The second-order valence-electron chi connectivity index (χ2n) is 4.42. The second-order valence-corrected chi connectivity index (χ2v) is 4.42. The lowest BCUT2D eigenvalue weighted by Gasteiger charge is -2.22. The molecule has 0 radical (unpaired) electrons. The van der Waals surface area contributed by atoms with Crippen molar-refractivity contribution in [3.8, 4) is 5.75 Å². The van der Waals surface area contributed by atoms with Crippen molar-refractivity contribution in [2.75, 3.05) is 13.1 Å². The summed E-state index contributed by atoms with van der Waals surface area (Å²) in [4.78, 5) is 14.1. The van der Waals surface area contributed by atoms with Gasteiger partial charge in [0.05, 0.1) is 0 Å². The number of carbonyl (C=O) groups excluding carboxylic acids is 1. The van der Waals surface area contributed by atoms with E-state index in [1.807, 2.05) is 4.90 Å². The average molecular weight is 234 g/mol. The van der Waals surface area contributed by atoms with E-state index in [2.05, 4.69) is 0 Å². The fraction of sp³-hybridized carbons (Fsp3) is 0.462. The summed E-state index contributed by atoms with van der Waals surface area (Å²) in [5.74, 6) is 0.127. The van der Waals surface area contributed by atoms with Crippen LogP contribution in [0.4, 0.5) is 0 Å². The monoisotopic (exact) mass is 234 g/mol. The summed E-state index contributed by atoms with van der Waals surface area (Å²) in [7, 11) is 0. The van der Waals surface area contributed by atoms with Gasteiger partial charge in [-0.05, 0) is 44.0 Å². The van der Waals surface area contributed by atoms with Gasteiger partial charge in [0.15, 0.2) is 0 Å². The van der Waals surface area contributed by atoms with Crippen LogP contribution in [0, 0.1) is 0 Å². The molecule has 2 rings (SSSR count). The van der Waals surface area contributed by atoms with Crippen molar-refractivity contribution in [1.82, 2.24) is 4.90 Å². The van der Waals surface area contributed by atoms with E-state index in [0.29, 0.717) is 24.7 Å². The molecule has 1 aliphatic rings. The molecule has 0 aromatic heterocycles. The Morgan fingerprint density at radius 1 is 1.47 bits per heavy atom. The van der Waals surface area contributed by atoms with Gasteiger partial charge in [-0.3, -0.25) is 4.79 Å². The Labute approximate surface area is 101 Å². The highest BCUT2D eigenvalue weighted by Gasteiger charge is 2.32. The van der Waals surface area contributed by atoms with E-state index < -0.39 is 0 Å². The normalized spacial score (nSPS) is 14.6. The highest BCUT2D eigenvalue weighted by molar-refractivity contribution is 5.95. The van der Waals surface area contributed by atoms with Crippen molar-refractivity contribution in [3.05, 3.63) is 29.8 Å². The van der Waals surface area contributed by atoms with Gasteiger partial charge in [0.25, 0.3) is 5.91 Å². The first-order valence-electron chi connectivity index (χ1n) is 6.02. The maximum Gasteiger partial charge on any atom is 0.254 e. The van der Waals surface area contributed by atoms with Gasteiger partial charge in [0.2, 0.25) is 0 Å². The smallest absolute Gasteiger partial charge is 0.254 e. The van der Waals surface area contributed by atoms with E-state index >= 15 is 0 Å². The number of nitrogens with zero attached hydrogens (tertiary/aromatic N) is 1. The Morgan fingerprint density at radius 2 is 2.24 bits per heavy atom. The largest absolute Gasteiger partial charge is 0.508 e. The molecule has 0 atom stereocenters. The summed E-state index contributed by atoms with van der Waals surface area (Å²) in [6.45, 7) is 1.30. The lowest BCUT2D eigenvalue weighted by molar-refractivity contribution is 0.0742. The Bertz CT molecular complexity index is 402. The summed E-state index contributed by atoms with van der Waals surface area (Å²) in [5.41, 5.74) is 6.03. The van der Waals surface area contributed by atoms with Gasteiger partial charge in [-0.2, -0.15) is 0 Å². The van der Waals surface area contributed by atoms with Gasteiger partial charge in [-0.15, -0.1) is 0 Å². The summed E-state index contributed by atoms with van der Waals surface area (Å²) >= 11 is 0. The molecule has 1 aromatic carbocycles. The van der Waals surface area contributed by atoms with Crippen LogP contribution in [-0.2, 0) is 0 Å². The number of rotatable bonds is 5. The van der Waals surface area contributed by atoms with Crippen LogP contribution in [0.15, 0.2) is 24.3 Å². The molecule has 4 heteroatoms. The van der Waals surface area contributed by atoms with E-state index in [0.717, 1.165) is 19.3 Å². The topological polar surface area (TPSA) is 66.6 Å². The van der Waals surface area contributed by atoms with Gasteiger partial charge in [0, 0.05) is 18.2 Å². The van der Waals surface area contributed by atoms with Crippen molar-refractivity contribution < 1.29 is 9.90 Å². The number of phenols is 1. The van der Waals surface area contributed by atoms with Crippen LogP contribution in [0.1, 0.15) is 29.6 Å². The van der Waals surface area contributed by atoms with E-state index in [1.54, 1.807) is 18.2 Å². The first-order valence-corrected chi connectivity index (χ1v) is 6.02. The number of benzene rings is 1.